The van der Waals surface area contributed by atoms with Gasteiger partial charge in [0.15, 0.2) is 0 Å². The number of piperidine rings is 1. The molecule has 1 aliphatic rings. The lowest BCUT2D eigenvalue weighted by molar-refractivity contribution is -0.127. The second-order valence-electron chi connectivity index (χ2n) is 6.05. The maximum Gasteiger partial charge on any atom is 0.237 e. The summed E-state index contributed by atoms with van der Waals surface area (Å²) in [6, 6.07) is 7.90. The topological polar surface area (TPSA) is 52.6 Å². The summed E-state index contributed by atoms with van der Waals surface area (Å²) in [7, 11) is 0. The smallest absolute Gasteiger partial charge is 0.237 e. The van der Waals surface area contributed by atoms with Gasteiger partial charge >= 0.3 is 0 Å². The summed E-state index contributed by atoms with van der Waals surface area (Å²) in [5, 5.41) is 12.8. The molecule has 0 saturated carbocycles. The number of hydrogen-bond acceptors (Lipinski definition) is 3. The molecular formula is C17H26N2O2. The van der Waals surface area contributed by atoms with Crippen LogP contribution in [0.4, 0.5) is 0 Å². The molecule has 0 radical (unpaired) electrons. The molecule has 0 aromatic heterocycles. The predicted octanol–water partition coefficient (Wildman–Crippen LogP) is 2.02. The van der Waals surface area contributed by atoms with Crippen molar-refractivity contribution in [2.24, 2.45) is 0 Å². The Kier molecular flexibility index (Phi) is 5.37. The van der Waals surface area contributed by atoms with Crippen LogP contribution in [0.15, 0.2) is 24.3 Å². The van der Waals surface area contributed by atoms with Crippen molar-refractivity contribution in [1.29, 1.82) is 0 Å². The van der Waals surface area contributed by atoms with Crippen molar-refractivity contribution in [3.8, 4) is 0 Å². The normalized spacial score (nSPS) is 22.6. The van der Waals surface area contributed by atoms with E-state index < -0.39 is 0 Å². The van der Waals surface area contributed by atoms with E-state index >= 15 is 0 Å². The molecule has 1 aromatic carbocycles. The van der Waals surface area contributed by atoms with Crippen LogP contribution in [0.25, 0.3) is 0 Å². The third-order valence-corrected chi connectivity index (χ3v) is 4.37. The van der Waals surface area contributed by atoms with Gasteiger partial charge in [-0.3, -0.25) is 9.69 Å². The number of aliphatic hydroxyl groups is 1. The molecule has 3 atom stereocenters. The SMILES string of the molecule is Cc1ccccc1C(C)NC(=O)C(C)N1CCCC(O)C1. The summed E-state index contributed by atoms with van der Waals surface area (Å²) in [5.41, 5.74) is 2.34. The van der Waals surface area contributed by atoms with E-state index in [1.165, 1.54) is 5.56 Å². The van der Waals surface area contributed by atoms with Crippen LogP contribution >= 0.6 is 0 Å². The van der Waals surface area contributed by atoms with Crippen molar-refractivity contribution in [1.82, 2.24) is 10.2 Å². The number of likely N-dealkylation sites (tertiary alicyclic amines) is 1. The zero-order chi connectivity index (χ0) is 15.4. The van der Waals surface area contributed by atoms with E-state index in [9.17, 15) is 9.90 Å². The molecule has 4 nitrogen and oxygen atoms in total. The van der Waals surface area contributed by atoms with Gasteiger partial charge in [0.25, 0.3) is 0 Å². The molecule has 2 rings (SSSR count). The molecule has 3 unspecified atom stereocenters. The second kappa shape index (κ2) is 7.05. The minimum Gasteiger partial charge on any atom is -0.392 e. The Labute approximate surface area is 127 Å². The van der Waals surface area contributed by atoms with Crippen LogP contribution in [0.5, 0.6) is 0 Å². The van der Waals surface area contributed by atoms with E-state index in [1.54, 1.807) is 0 Å². The average Bonchev–Trinajstić information content (AvgIpc) is 2.46. The van der Waals surface area contributed by atoms with Crippen LogP contribution < -0.4 is 5.32 Å². The fourth-order valence-electron chi connectivity index (χ4n) is 2.99. The molecule has 0 spiro atoms. The van der Waals surface area contributed by atoms with Gasteiger partial charge in [-0.1, -0.05) is 24.3 Å². The van der Waals surface area contributed by atoms with Gasteiger partial charge in [0.1, 0.15) is 0 Å². The molecule has 1 aromatic rings. The lowest BCUT2D eigenvalue weighted by Crippen LogP contribution is -2.50. The number of carbonyl (C=O) groups excluding carboxylic acids is 1. The van der Waals surface area contributed by atoms with Crippen molar-refractivity contribution in [3.63, 3.8) is 0 Å². The van der Waals surface area contributed by atoms with E-state index in [-0.39, 0.29) is 24.1 Å². The number of rotatable bonds is 4. The maximum atomic E-state index is 12.4. The predicted molar refractivity (Wildman–Crippen MR) is 84.0 cm³/mol. The number of benzene rings is 1. The molecular weight excluding hydrogens is 264 g/mol. The van der Waals surface area contributed by atoms with Crippen LogP contribution in [0, 0.1) is 6.92 Å². The van der Waals surface area contributed by atoms with E-state index in [2.05, 4.69) is 29.3 Å². The lowest BCUT2D eigenvalue weighted by Gasteiger charge is -2.34. The summed E-state index contributed by atoms with van der Waals surface area (Å²) in [4.78, 5) is 14.5. The Hall–Kier alpha value is -1.39. The summed E-state index contributed by atoms with van der Waals surface area (Å²) < 4.78 is 0. The summed E-state index contributed by atoms with van der Waals surface area (Å²) in [5.74, 6) is 0.0276. The first-order chi connectivity index (χ1) is 9.99. The molecule has 1 saturated heterocycles. The van der Waals surface area contributed by atoms with E-state index in [0.29, 0.717) is 6.54 Å². The molecule has 4 heteroatoms. The Morgan fingerprint density at radius 1 is 1.38 bits per heavy atom. The quantitative estimate of drug-likeness (QED) is 0.892. The third kappa shape index (κ3) is 4.05. The molecule has 1 aliphatic heterocycles. The molecule has 21 heavy (non-hydrogen) atoms. The van der Waals surface area contributed by atoms with E-state index in [4.69, 9.17) is 0 Å². The van der Waals surface area contributed by atoms with E-state index in [1.807, 2.05) is 26.0 Å². The molecule has 1 amide bonds. The van der Waals surface area contributed by atoms with Crippen LogP contribution in [-0.2, 0) is 4.79 Å². The van der Waals surface area contributed by atoms with Gasteiger partial charge in [0.2, 0.25) is 5.91 Å². The standard InChI is InChI=1S/C17H26N2O2/c1-12-7-4-5-9-16(12)13(2)18-17(21)14(3)19-10-6-8-15(20)11-19/h4-5,7,9,13-15,20H,6,8,10-11H2,1-3H3,(H,18,21). The average molecular weight is 290 g/mol. The maximum absolute atomic E-state index is 12.4. The molecule has 1 heterocycles. The van der Waals surface area contributed by atoms with Crippen molar-refractivity contribution in [2.75, 3.05) is 13.1 Å². The van der Waals surface area contributed by atoms with Gasteiger partial charge in [-0.15, -0.1) is 0 Å². The zero-order valence-corrected chi connectivity index (χ0v) is 13.2. The molecule has 116 valence electrons. The third-order valence-electron chi connectivity index (χ3n) is 4.37. The van der Waals surface area contributed by atoms with Crippen LogP contribution in [0.1, 0.15) is 43.9 Å². The number of amides is 1. The number of nitrogens with one attached hydrogen (secondary N) is 1. The Balaban J connectivity index is 1.95. The Morgan fingerprint density at radius 2 is 2.10 bits per heavy atom. The zero-order valence-electron chi connectivity index (χ0n) is 13.2. The first-order valence-corrected chi connectivity index (χ1v) is 7.77. The molecule has 0 bridgehead atoms. The summed E-state index contributed by atoms with van der Waals surface area (Å²) in [6.07, 6.45) is 1.49. The number of aliphatic hydroxyl groups excluding tert-OH is 1. The van der Waals surface area contributed by atoms with Gasteiger partial charge < -0.3 is 10.4 Å². The second-order valence-corrected chi connectivity index (χ2v) is 6.05. The van der Waals surface area contributed by atoms with Gasteiger partial charge in [-0.05, 0) is 51.3 Å². The highest BCUT2D eigenvalue weighted by Crippen LogP contribution is 2.18. The first kappa shape index (κ1) is 16.0. The number of carbonyl (C=O) groups is 1. The molecule has 1 fully saturated rings. The Bertz CT molecular complexity index is 489. The van der Waals surface area contributed by atoms with Gasteiger partial charge in [0, 0.05) is 6.54 Å². The minimum absolute atomic E-state index is 0.00383. The van der Waals surface area contributed by atoms with Gasteiger partial charge in [-0.2, -0.15) is 0 Å². The minimum atomic E-state index is -0.303. The summed E-state index contributed by atoms with van der Waals surface area (Å²) >= 11 is 0. The van der Waals surface area contributed by atoms with Gasteiger partial charge in [0.05, 0.1) is 18.2 Å². The molecule has 0 aliphatic carbocycles. The van der Waals surface area contributed by atoms with Gasteiger partial charge in [-0.25, -0.2) is 0 Å². The van der Waals surface area contributed by atoms with E-state index in [0.717, 1.165) is 24.9 Å². The number of β-amino-alcohol motifs (C(OH)–C–C–N with tert-alkyl or cyclic N) is 1. The van der Waals surface area contributed by atoms with Crippen LogP contribution in [-0.4, -0.2) is 41.1 Å². The lowest BCUT2D eigenvalue weighted by atomic mass is 10.0. The number of aryl methyl sites for hydroxylation is 1. The largest absolute Gasteiger partial charge is 0.392 e. The van der Waals surface area contributed by atoms with Crippen LogP contribution in [0.2, 0.25) is 0 Å². The highest BCUT2D eigenvalue weighted by Gasteiger charge is 2.27. The van der Waals surface area contributed by atoms with Crippen molar-refractivity contribution < 1.29 is 9.90 Å². The first-order valence-electron chi connectivity index (χ1n) is 7.77. The molecule has 2 N–H and O–H groups in total. The highest BCUT2D eigenvalue weighted by atomic mass is 16.3. The van der Waals surface area contributed by atoms with Crippen molar-refractivity contribution in [3.05, 3.63) is 35.4 Å². The van der Waals surface area contributed by atoms with Crippen LogP contribution in [0.3, 0.4) is 0 Å². The Morgan fingerprint density at radius 3 is 2.76 bits per heavy atom. The number of nitrogens with zero attached hydrogens (tertiary/aromatic N) is 1. The fourth-order valence-corrected chi connectivity index (χ4v) is 2.99. The van der Waals surface area contributed by atoms with Crippen molar-refractivity contribution >= 4 is 5.91 Å². The summed E-state index contributed by atoms with van der Waals surface area (Å²) in [6.45, 7) is 7.45. The highest BCUT2D eigenvalue weighted by molar-refractivity contribution is 5.81. The number of hydrogen-bond donors (Lipinski definition) is 2. The van der Waals surface area contributed by atoms with Crippen molar-refractivity contribution in [2.45, 2.75) is 51.8 Å². The monoisotopic (exact) mass is 290 g/mol. The fraction of sp³-hybridized carbons (Fsp3) is 0.588.